The van der Waals surface area contributed by atoms with E-state index in [4.69, 9.17) is 0 Å². The van der Waals surface area contributed by atoms with Gasteiger partial charge in [0.1, 0.15) is 0 Å². The fourth-order valence-electron chi connectivity index (χ4n) is 3.34. The molecule has 2 heteroatoms. The number of hydrogen-bond donors (Lipinski definition) is 0. The van der Waals surface area contributed by atoms with Crippen molar-refractivity contribution in [2.75, 3.05) is 4.90 Å². The molecule has 0 spiro atoms. The van der Waals surface area contributed by atoms with Gasteiger partial charge in [0.2, 0.25) is 0 Å². The maximum atomic E-state index is 13.0. The van der Waals surface area contributed by atoms with E-state index >= 15 is 0 Å². The molecule has 3 aromatic carbocycles. The highest BCUT2D eigenvalue weighted by atomic mass is 16.2. The van der Waals surface area contributed by atoms with Crippen molar-refractivity contribution in [2.45, 2.75) is 19.4 Å². The molecule has 0 fully saturated rings. The van der Waals surface area contributed by atoms with Gasteiger partial charge in [-0.2, -0.15) is 0 Å². The van der Waals surface area contributed by atoms with E-state index in [1.165, 1.54) is 5.56 Å². The number of carbonyl (C=O) groups excluding carboxylic acids is 1. The minimum atomic E-state index is 0.0863. The summed E-state index contributed by atoms with van der Waals surface area (Å²) in [6.07, 6.45) is 0.926. The van der Waals surface area contributed by atoms with Crippen LogP contribution in [0.15, 0.2) is 66.7 Å². The summed E-state index contributed by atoms with van der Waals surface area (Å²) in [4.78, 5) is 14.9. The van der Waals surface area contributed by atoms with Gasteiger partial charge >= 0.3 is 0 Å². The molecule has 0 bridgehead atoms. The average Bonchev–Trinajstić information content (AvgIpc) is 2.89. The minimum Gasteiger partial charge on any atom is -0.305 e. The van der Waals surface area contributed by atoms with Crippen molar-refractivity contribution >= 4 is 22.4 Å². The number of carbonyl (C=O) groups is 1. The molecule has 0 N–H and O–H groups in total. The summed E-state index contributed by atoms with van der Waals surface area (Å²) in [5, 5.41) is 2.27. The van der Waals surface area contributed by atoms with Crippen LogP contribution in [-0.2, 0) is 6.42 Å². The number of hydrogen-bond acceptors (Lipinski definition) is 1. The molecule has 108 valence electrons. The molecule has 1 unspecified atom stereocenters. The third kappa shape index (κ3) is 2.00. The molecule has 0 aliphatic carbocycles. The van der Waals surface area contributed by atoms with Crippen LogP contribution in [-0.4, -0.2) is 11.9 Å². The molecule has 1 atom stereocenters. The number of amides is 1. The molecular weight excluding hydrogens is 270 g/mol. The number of para-hydroxylation sites is 1. The van der Waals surface area contributed by atoms with Crippen LogP contribution in [0.4, 0.5) is 5.69 Å². The van der Waals surface area contributed by atoms with Gasteiger partial charge in [0.25, 0.3) is 5.91 Å². The first-order chi connectivity index (χ1) is 10.7. The van der Waals surface area contributed by atoms with E-state index < -0.39 is 0 Å². The van der Waals surface area contributed by atoms with Crippen LogP contribution in [0, 0.1) is 0 Å². The van der Waals surface area contributed by atoms with Crippen LogP contribution in [0.5, 0.6) is 0 Å². The summed E-state index contributed by atoms with van der Waals surface area (Å²) in [6, 6.07) is 22.5. The number of benzene rings is 3. The molecule has 0 saturated carbocycles. The van der Waals surface area contributed by atoms with Crippen molar-refractivity contribution in [3.8, 4) is 0 Å². The molecule has 0 radical (unpaired) electrons. The molecule has 4 rings (SSSR count). The number of rotatable bonds is 1. The first-order valence-corrected chi connectivity index (χ1v) is 7.64. The van der Waals surface area contributed by atoms with Crippen LogP contribution in [0.25, 0.3) is 10.8 Å². The lowest BCUT2D eigenvalue weighted by atomic mass is 10.1. The van der Waals surface area contributed by atoms with Gasteiger partial charge in [-0.05, 0) is 47.9 Å². The van der Waals surface area contributed by atoms with E-state index in [0.29, 0.717) is 0 Å². The largest absolute Gasteiger partial charge is 0.305 e. The molecule has 1 amide bonds. The first-order valence-electron chi connectivity index (χ1n) is 7.64. The SMILES string of the molecule is CC1Cc2ccccc2N1C(=O)c1ccc2ccccc2c1. The smallest absolute Gasteiger partial charge is 0.258 e. The maximum Gasteiger partial charge on any atom is 0.258 e. The van der Waals surface area contributed by atoms with Crippen LogP contribution in [0.3, 0.4) is 0 Å². The van der Waals surface area contributed by atoms with Crippen molar-refractivity contribution in [2.24, 2.45) is 0 Å². The lowest BCUT2D eigenvalue weighted by molar-refractivity contribution is 0.0981. The summed E-state index contributed by atoms with van der Waals surface area (Å²) < 4.78 is 0. The molecule has 0 aromatic heterocycles. The summed E-state index contributed by atoms with van der Waals surface area (Å²) in [6.45, 7) is 2.11. The van der Waals surface area contributed by atoms with E-state index in [9.17, 15) is 4.79 Å². The molecule has 0 saturated heterocycles. The zero-order valence-electron chi connectivity index (χ0n) is 12.5. The van der Waals surface area contributed by atoms with Gasteiger partial charge in [0.05, 0.1) is 0 Å². The van der Waals surface area contributed by atoms with Crippen molar-refractivity contribution in [1.82, 2.24) is 0 Å². The highest BCUT2D eigenvalue weighted by molar-refractivity contribution is 6.09. The van der Waals surface area contributed by atoms with Gasteiger partial charge in [0, 0.05) is 17.3 Å². The second-order valence-corrected chi connectivity index (χ2v) is 5.92. The van der Waals surface area contributed by atoms with Crippen LogP contribution in [0.1, 0.15) is 22.8 Å². The van der Waals surface area contributed by atoms with Gasteiger partial charge < -0.3 is 4.90 Å². The lowest BCUT2D eigenvalue weighted by Crippen LogP contribution is -2.35. The lowest BCUT2D eigenvalue weighted by Gasteiger charge is -2.23. The monoisotopic (exact) mass is 287 g/mol. The fraction of sp³-hybridized carbons (Fsp3) is 0.150. The molecule has 3 aromatic rings. The van der Waals surface area contributed by atoms with E-state index in [2.05, 4.69) is 19.1 Å². The van der Waals surface area contributed by atoms with E-state index in [1.54, 1.807) is 0 Å². The summed E-state index contributed by atoms with van der Waals surface area (Å²) >= 11 is 0. The van der Waals surface area contributed by atoms with Crippen molar-refractivity contribution < 1.29 is 4.79 Å². The van der Waals surface area contributed by atoms with Gasteiger partial charge in [-0.25, -0.2) is 0 Å². The molecule has 1 aliphatic rings. The predicted molar refractivity (Wildman–Crippen MR) is 90.4 cm³/mol. The third-order valence-corrected chi connectivity index (χ3v) is 4.42. The van der Waals surface area contributed by atoms with Crippen molar-refractivity contribution in [3.63, 3.8) is 0 Å². The molecular formula is C20H17NO. The average molecular weight is 287 g/mol. The molecule has 1 heterocycles. The Labute approximate surface area is 130 Å². The first kappa shape index (κ1) is 13.1. The Morgan fingerprint density at radius 2 is 1.68 bits per heavy atom. The third-order valence-electron chi connectivity index (χ3n) is 4.42. The van der Waals surface area contributed by atoms with Gasteiger partial charge in [-0.3, -0.25) is 4.79 Å². The van der Waals surface area contributed by atoms with E-state index in [0.717, 1.165) is 28.4 Å². The molecule has 22 heavy (non-hydrogen) atoms. The fourth-order valence-corrected chi connectivity index (χ4v) is 3.34. The van der Waals surface area contributed by atoms with E-state index in [-0.39, 0.29) is 11.9 Å². The zero-order valence-corrected chi connectivity index (χ0v) is 12.5. The summed E-state index contributed by atoms with van der Waals surface area (Å²) in [5.41, 5.74) is 3.06. The Hall–Kier alpha value is -2.61. The zero-order chi connectivity index (χ0) is 15.1. The predicted octanol–water partition coefficient (Wildman–Crippen LogP) is 4.43. The summed E-state index contributed by atoms with van der Waals surface area (Å²) in [7, 11) is 0. The quantitative estimate of drug-likeness (QED) is 0.648. The second kappa shape index (κ2) is 4.99. The number of fused-ring (bicyclic) bond motifs is 2. The van der Waals surface area contributed by atoms with Gasteiger partial charge in [-0.15, -0.1) is 0 Å². The Morgan fingerprint density at radius 3 is 2.55 bits per heavy atom. The number of nitrogens with zero attached hydrogens (tertiary/aromatic N) is 1. The Morgan fingerprint density at radius 1 is 0.955 bits per heavy atom. The van der Waals surface area contributed by atoms with Gasteiger partial charge in [0.15, 0.2) is 0 Å². The highest BCUT2D eigenvalue weighted by Crippen LogP contribution is 2.33. The topological polar surface area (TPSA) is 20.3 Å². The van der Waals surface area contributed by atoms with Crippen molar-refractivity contribution in [3.05, 3.63) is 77.9 Å². The molecule has 1 aliphatic heterocycles. The molecule has 2 nitrogen and oxygen atoms in total. The minimum absolute atomic E-state index is 0.0863. The second-order valence-electron chi connectivity index (χ2n) is 5.92. The summed E-state index contributed by atoms with van der Waals surface area (Å²) in [5.74, 6) is 0.0863. The van der Waals surface area contributed by atoms with Crippen LogP contribution >= 0.6 is 0 Å². The van der Waals surface area contributed by atoms with E-state index in [1.807, 2.05) is 59.5 Å². The van der Waals surface area contributed by atoms with Crippen LogP contribution in [0.2, 0.25) is 0 Å². The Balaban J connectivity index is 1.77. The maximum absolute atomic E-state index is 13.0. The standard InChI is InChI=1S/C20H17NO/c1-14-12-17-8-4-5-9-19(17)21(14)20(22)18-11-10-15-6-2-3-7-16(15)13-18/h2-11,13-14H,12H2,1H3. The number of anilines is 1. The highest BCUT2D eigenvalue weighted by Gasteiger charge is 2.31. The van der Waals surface area contributed by atoms with Gasteiger partial charge in [-0.1, -0.05) is 48.5 Å². The Bertz CT molecular complexity index is 868. The Kier molecular flexibility index (Phi) is 2.97. The normalized spacial score (nSPS) is 16.8. The van der Waals surface area contributed by atoms with Crippen molar-refractivity contribution in [1.29, 1.82) is 0 Å². The van der Waals surface area contributed by atoms with Crippen LogP contribution < -0.4 is 4.90 Å².